The second-order valence-electron chi connectivity index (χ2n) is 7.01. The van der Waals surface area contributed by atoms with Crippen molar-refractivity contribution in [3.8, 4) is 11.1 Å². The predicted octanol–water partition coefficient (Wildman–Crippen LogP) is 3.14. The number of nitrogens with one attached hydrogen (secondary N) is 2. The smallest absolute Gasteiger partial charge is 0.261 e. The van der Waals surface area contributed by atoms with Crippen molar-refractivity contribution < 1.29 is 14.4 Å². The van der Waals surface area contributed by atoms with Crippen LogP contribution in [-0.2, 0) is 14.4 Å². The number of anilines is 1. The van der Waals surface area contributed by atoms with Crippen LogP contribution in [0.5, 0.6) is 0 Å². The van der Waals surface area contributed by atoms with Gasteiger partial charge in [0.25, 0.3) is 11.8 Å². The highest BCUT2D eigenvalue weighted by Crippen LogP contribution is 2.39. The molecule has 0 saturated heterocycles. The number of amides is 3. The molecule has 1 aliphatic rings. The van der Waals surface area contributed by atoms with E-state index in [1.54, 1.807) is 6.92 Å². The van der Waals surface area contributed by atoms with Gasteiger partial charge in [0.2, 0.25) is 5.91 Å². The Bertz CT molecular complexity index is 909. The molecule has 2 N–H and O–H groups in total. The van der Waals surface area contributed by atoms with Crippen molar-refractivity contribution in [3.05, 3.63) is 54.1 Å². The first-order valence-corrected chi connectivity index (χ1v) is 9.56. The van der Waals surface area contributed by atoms with Crippen LogP contribution in [0.15, 0.2) is 48.5 Å². The summed E-state index contributed by atoms with van der Waals surface area (Å²) in [6.07, 6.45) is 1.06. The standard InChI is InChI=1S/C22H25N3O3/c1-4-9-20(26)23-15(3)21(27)24-25-19-13-8-7-12-18(19)17-11-6-5-10-16(17)14(2)22(25)28/h5-8,10-15H,4,9H2,1-3H3,(H,23,26)(H,24,27)/t14?,15-/m0/s1. The lowest BCUT2D eigenvalue weighted by Gasteiger charge is -2.27. The Morgan fingerprint density at radius 3 is 2.43 bits per heavy atom. The molecule has 0 fully saturated rings. The van der Waals surface area contributed by atoms with E-state index in [0.717, 1.165) is 16.7 Å². The zero-order valence-electron chi connectivity index (χ0n) is 16.4. The summed E-state index contributed by atoms with van der Waals surface area (Å²) in [6, 6.07) is 14.5. The molecule has 2 aromatic rings. The van der Waals surface area contributed by atoms with Gasteiger partial charge in [-0.3, -0.25) is 19.8 Å². The summed E-state index contributed by atoms with van der Waals surface area (Å²) in [5.41, 5.74) is 6.09. The summed E-state index contributed by atoms with van der Waals surface area (Å²) in [5, 5.41) is 3.97. The summed E-state index contributed by atoms with van der Waals surface area (Å²) >= 11 is 0. The van der Waals surface area contributed by atoms with Gasteiger partial charge in [-0.2, -0.15) is 0 Å². The Morgan fingerprint density at radius 1 is 1.07 bits per heavy atom. The molecule has 0 spiro atoms. The number of hydrazine groups is 1. The van der Waals surface area contributed by atoms with Crippen LogP contribution in [0.3, 0.4) is 0 Å². The molecule has 0 aromatic heterocycles. The molecule has 2 atom stereocenters. The minimum Gasteiger partial charge on any atom is -0.345 e. The second-order valence-corrected chi connectivity index (χ2v) is 7.01. The summed E-state index contributed by atoms with van der Waals surface area (Å²) in [5.74, 6) is -1.27. The molecule has 0 radical (unpaired) electrons. The van der Waals surface area contributed by atoms with Gasteiger partial charge in [0.05, 0.1) is 11.6 Å². The van der Waals surface area contributed by atoms with Gasteiger partial charge >= 0.3 is 0 Å². The van der Waals surface area contributed by atoms with Crippen molar-refractivity contribution in [2.45, 2.75) is 45.6 Å². The molecule has 1 aliphatic heterocycles. The molecule has 0 aliphatic carbocycles. The Balaban J connectivity index is 1.92. The first-order valence-electron chi connectivity index (χ1n) is 9.56. The van der Waals surface area contributed by atoms with Crippen LogP contribution < -0.4 is 15.8 Å². The zero-order valence-corrected chi connectivity index (χ0v) is 16.4. The average molecular weight is 379 g/mol. The fourth-order valence-electron chi connectivity index (χ4n) is 3.39. The SMILES string of the molecule is CCCC(=O)N[C@@H](C)C(=O)NN1C(=O)C(C)c2ccccc2-c2ccccc21. The number of rotatable bonds is 5. The van der Waals surface area contributed by atoms with E-state index in [4.69, 9.17) is 0 Å². The molecular formula is C22H25N3O3. The fourth-order valence-corrected chi connectivity index (χ4v) is 3.39. The van der Waals surface area contributed by atoms with Gasteiger partial charge in [-0.25, -0.2) is 5.01 Å². The van der Waals surface area contributed by atoms with Crippen LogP contribution in [0.2, 0.25) is 0 Å². The molecule has 3 rings (SSSR count). The van der Waals surface area contributed by atoms with Gasteiger partial charge in [0, 0.05) is 12.0 Å². The maximum atomic E-state index is 13.2. The molecule has 2 aromatic carbocycles. The number of fused-ring (bicyclic) bond motifs is 3. The predicted molar refractivity (Wildman–Crippen MR) is 108 cm³/mol. The van der Waals surface area contributed by atoms with Crippen molar-refractivity contribution in [3.63, 3.8) is 0 Å². The topological polar surface area (TPSA) is 78.5 Å². The fraction of sp³-hybridized carbons (Fsp3) is 0.318. The molecule has 6 heteroatoms. The van der Waals surface area contributed by atoms with E-state index < -0.39 is 17.9 Å². The number of hydrogen-bond acceptors (Lipinski definition) is 3. The van der Waals surface area contributed by atoms with Crippen molar-refractivity contribution in [1.29, 1.82) is 0 Å². The molecule has 0 saturated carbocycles. The van der Waals surface area contributed by atoms with E-state index in [1.165, 1.54) is 5.01 Å². The molecule has 1 unspecified atom stereocenters. The average Bonchev–Trinajstić information content (AvgIpc) is 2.78. The number of hydrogen-bond donors (Lipinski definition) is 2. The third kappa shape index (κ3) is 3.76. The first kappa shape index (κ1) is 19.6. The lowest BCUT2D eigenvalue weighted by atomic mass is 9.92. The molecule has 146 valence electrons. The van der Waals surface area contributed by atoms with Gasteiger partial charge in [0.1, 0.15) is 6.04 Å². The summed E-state index contributed by atoms with van der Waals surface area (Å²) in [7, 11) is 0. The molecule has 3 amide bonds. The minimum atomic E-state index is -0.750. The first-order chi connectivity index (χ1) is 13.4. The van der Waals surface area contributed by atoms with Crippen LogP contribution in [0.1, 0.15) is 45.1 Å². The number of benzene rings is 2. The Morgan fingerprint density at radius 2 is 1.71 bits per heavy atom. The minimum absolute atomic E-state index is 0.187. The van der Waals surface area contributed by atoms with Gasteiger partial charge < -0.3 is 5.32 Å². The number of para-hydroxylation sites is 1. The summed E-state index contributed by atoms with van der Waals surface area (Å²) in [4.78, 5) is 37.7. The monoisotopic (exact) mass is 379 g/mol. The van der Waals surface area contributed by atoms with Crippen LogP contribution in [0.25, 0.3) is 11.1 Å². The van der Waals surface area contributed by atoms with E-state index in [2.05, 4.69) is 10.7 Å². The highest BCUT2D eigenvalue weighted by atomic mass is 16.2. The number of carbonyl (C=O) groups excluding carboxylic acids is 3. The van der Waals surface area contributed by atoms with E-state index in [9.17, 15) is 14.4 Å². The molecule has 6 nitrogen and oxygen atoms in total. The molecule has 0 bridgehead atoms. The third-order valence-corrected chi connectivity index (χ3v) is 4.92. The van der Waals surface area contributed by atoms with E-state index in [-0.39, 0.29) is 11.8 Å². The summed E-state index contributed by atoms with van der Waals surface area (Å²) < 4.78 is 0. The summed E-state index contributed by atoms with van der Waals surface area (Å²) in [6.45, 7) is 5.34. The highest BCUT2D eigenvalue weighted by molar-refractivity contribution is 6.06. The number of nitrogens with zero attached hydrogens (tertiary/aromatic N) is 1. The Labute approximate surface area is 164 Å². The maximum absolute atomic E-state index is 13.2. The van der Waals surface area contributed by atoms with Crippen molar-refractivity contribution in [2.24, 2.45) is 0 Å². The van der Waals surface area contributed by atoms with Crippen LogP contribution in [0.4, 0.5) is 5.69 Å². The Kier molecular flexibility index (Phi) is 5.78. The van der Waals surface area contributed by atoms with E-state index in [1.807, 2.05) is 62.4 Å². The third-order valence-electron chi connectivity index (χ3n) is 4.92. The quantitative estimate of drug-likeness (QED) is 0.838. The van der Waals surface area contributed by atoms with Gasteiger partial charge in [-0.1, -0.05) is 49.4 Å². The van der Waals surface area contributed by atoms with Crippen molar-refractivity contribution in [2.75, 3.05) is 5.01 Å². The van der Waals surface area contributed by atoms with Crippen molar-refractivity contribution in [1.82, 2.24) is 10.7 Å². The zero-order chi connectivity index (χ0) is 20.3. The molecule has 1 heterocycles. The number of carbonyl (C=O) groups is 3. The lowest BCUT2D eigenvalue weighted by molar-refractivity contribution is -0.130. The lowest BCUT2D eigenvalue weighted by Crippen LogP contribution is -2.54. The maximum Gasteiger partial charge on any atom is 0.261 e. The van der Waals surface area contributed by atoms with Gasteiger partial charge in [-0.15, -0.1) is 0 Å². The van der Waals surface area contributed by atoms with E-state index >= 15 is 0 Å². The van der Waals surface area contributed by atoms with Crippen LogP contribution in [0, 0.1) is 0 Å². The Hall–Kier alpha value is -3.15. The van der Waals surface area contributed by atoms with Crippen molar-refractivity contribution >= 4 is 23.4 Å². The van der Waals surface area contributed by atoms with Gasteiger partial charge in [0.15, 0.2) is 0 Å². The van der Waals surface area contributed by atoms with Crippen LogP contribution >= 0.6 is 0 Å². The highest BCUT2D eigenvalue weighted by Gasteiger charge is 2.33. The van der Waals surface area contributed by atoms with E-state index in [0.29, 0.717) is 18.5 Å². The largest absolute Gasteiger partial charge is 0.345 e. The molecule has 28 heavy (non-hydrogen) atoms. The molecular weight excluding hydrogens is 354 g/mol. The van der Waals surface area contributed by atoms with Gasteiger partial charge in [-0.05, 0) is 37.5 Å². The van der Waals surface area contributed by atoms with Crippen LogP contribution in [-0.4, -0.2) is 23.8 Å². The second kappa shape index (κ2) is 8.25. The normalized spacial score (nSPS) is 16.5.